The van der Waals surface area contributed by atoms with E-state index in [0.29, 0.717) is 5.57 Å². The van der Waals surface area contributed by atoms with Crippen molar-refractivity contribution < 1.29 is 44.8 Å². The minimum absolute atomic E-state index is 0.288. The molecule has 1 aliphatic carbocycles. The Balaban J connectivity index is 1.75. The topological polar surface area (TPSA) is 149 Å². The fourth-order valence-electron chi connectivity index (χ4n) is 3.38. The minimum atomic E-state index is -1.56. The van der Waals surface area contributed by atoms with Crippen LogP contribution in [0.3, 0.4) is 0 Å². The number of fused-ring (bicyclic) bond motifs is 1. The van der Waals surface area contributed by atoms with Gasteiger partial charge < -0.3 is 44.8 Å². The van der Waals surface area contributed by atoms with E-state index in [4.69, 9.17) is 14.2 Å². The number of hydrogen-bond acceptors (Lipinski definition) is 9. The number of aliphatic hydroxyl groups excluding tert-OH is 6. The largest absolute Gasteiger partial charge is 0.472 e. The molecule has 24 heavy (non-hydrogen) atoms. The number of hydrogen-bond donors (Lipinski definition) is 6. The van der Waals surface area contributed by atoms with Crippen LogP contribution in [0.5, 0.6) is 0 Å². The maximum absolute atomic E-state index is 10.0. The summed E-state index contributed by atoms with van der Waals surface area (Å²) in [5, 5.41) is 58.3. The SMILES string of the molecule is OCC1=C[C@H](O)[C@H]2C=CO[C@H](O[C@@H]3O[C@H](CO)[C@@H](O)[C@H](O)[C@H]3O)[C@@H]12. The van der Waals surface area contributed by atoms with E-state index in [1.165, 1.54) is 12.3 Å². The molecule has 1 saturated heterocycles. The van der Waals surface area contributed by atoms with Crippen LogP contribution in [0.15, 0.2) is 24.0 Å². The Morgan fingerprint density at radius 3 is 2.42 bits per heavy atom. The van der Waals surface area contributed by atoms with Gasteiger partial charge in [0.2, 0.25) is 6.29 Å². The van der Waals surface area contributed by atoms with Crippen molar-refractivity contribution in [2.75, 3.05) is 13.2 Å². The number of rotatable bonds is 4. The predicted molar refractivity (Wildman–Crippen MR) is 77.0 cm³/mol. The molecule has 0 saturated carbocycles. The van der Waals surface area contributed by atoms with Gasteiger partial charge in [0.1, 0.15) is 24.4 Å². The third kappa shape index (κ3) is 2.98. The lowest BCUT2D eigenvalue weighted by molar-refractivity contribution is -0.339. The van der Waals surface area contributed by atoms with Crippen LogP contribution >= 0.6 is 0 Å². The van der Waals surface area contributed by atoms with Crippen LogP contribution in [0.4, 0.5) is 0 Å². The summed E-state index contributed by atoms with van der Waals surface area (Å²) in [7, 11) is 0. The van der Waals surface area contributed by atoms with Crippen molar-refractivity contribution in [1.29, 1.82) is 0 Å². The summed E-state index contributed by atoms with van der Waals surface area (Å²) in [5.74, 6) is -0.835. The van der Waals surface area contributed by atoms with Gasteiger partial charge in [-0.05, 0) is 11.6 Å². The van der Waals surface area contributed by atoms with Crippen molar-refractivity contribution in [3.63, 3.8) is 0 Å². The van der Waals surface area contributed by atoms with Gasteiger partial charge in [-0.15, -0.1) is 0 Å². The van der Waals surface area contributed by atoms with E-state index in [1.807, 2.05) is 0 Å². The summed E-state index contributed by atoms with van der Waals surface area (Å²) in [6, 6.07) is 0. The van der Waals surface area contributed by atoms with Gasteiger partial charge in [0, 0.05) is 5.92 Å². The molecule has 0 radical (unpaired) electrons. The molecule has 3 aliphatic rings. The Kier molecular flexibility index (Phi) is 5.23. The van der Waals surface area contributed by atoms with Crippen molar-refractivity contribution in [1.82, 2.24) is 0 Å². The molecule has 2 aliphatic heterocycles. The zero-order valence-corrected chi connectivity index (χ0v) is 12.8. The van der Waals surface area contributed by atoms with E-state index in [1.54, 1.807) is 6.08 Å². The summed E-state index contributed by atoms with van der Waals surface area (Å²) in [6.07, 6.45) is -4.27. The lowest BCUT2D eigenvalue weighted by Gasteiger charge is -2.42. The molecule has 0 aromatic rings. The Morgan fingerprint density at radius 1 is 1.00 bits per heavy atom. The fraction of sp³-hybridized carbons (Fsp3) is 0.733. The summed E-state index contributed by atoms with van der Waals surface area (Å²) in [5.41, 5.74) is 0.534. The Hall–Kier alpha value is -1.04. The molecular weight excluding hydrogens is 324 g/mol. The van der Waals surface area contributed by atoms with Crippen LogP contribution in [0, 0.1) is 11.8 Å². The molecule has 136 valence electrons. The van der Waals surface area contributed by atoms with Crippen molar-refractivity contribution >= 4 is 0 Å². The molecule has 1 fully saturated rings. The third-order valence-electron chi connectivity index (χ3n) is 4.73. The second kappa shape index (κ2) is 7.06. The molecule has 0 spiro atoms. The van der Waals surface area contributed by atoms with Crippen molar-refractivity contribution in [2.45, 2.75) is 43.1 Å². The second-order valence-electron chi connectivity index (χ2n) is 6.16. The summed E-state index contributed by atoms with van der Waals surface area (Å²) in [4.78, 5) is 0. The number of ether oxygens (including phenoxy) is 3. The molecule has 6 N–H and O–H groups in total. The fourth-order valence-corrected chi connectivity index (χ4v) is 3.38. The maximum Gasteiger partial charge on any atom is 0.209 e. The highest BCUT2D eigenvalue weighted by Gasteiger charge is 2.49. The van der Waals surface area contributed by atoms with Crippen LogP contribution in [-0.4, -0.2) is 87.0 Å². The maximum atomic E-state index is 10.0. The van der Waals surface area contributed by atoms with E-state index in [2.05, 4.69) is 0 Å². The van der Waals surface area contributed by atoms with Crippen LogP contribution in [0.2, 0.25) is 0 Å². The average Bonchev–Trinajstić information content (AvgIpc) is 2.92. The zero-order valence-electron chi connectivity index (χ0n) is 12.8. The first-order valence-corrected chi connectivity index (χ1v) is 7.75. The first kappa shape index (κ1) is 17.8. The molecule has 0 aromatic heterocycles. The van der Waals surface area contributed by atoms with Crippen LogP contribution in [-0.2, 0) is 14.2 Å². The molecular formula is C15H22O9. The minimum Gasteiger partial charge on any atom is -0.472 e. The van der Waals surface area contributed by atoms with E-state index in [-0.39, 0.29) is 12.5 Å². The van der Waals surface area contributed by atoms with Gasteiger partial charge in [-0.1, -0.05) is 6.08 Å². The van der Waals surface area contributed by atoms with Gasteiger partial charge in [-0.2, -0.15) is 0 Å². The summed E-state index contributed by atoms with van der Waals surface area (Å²) >= 11 is 0. The predicted octanol–water partition coefficient (Wildman–Crippen LogP) is -2.80. The average molecular weight is 346 g/mol. The van der Waals surface area contributed by atoms with Gasteiger partial charge in [0.15, 0.2) is 6.29 Å². The molecule has 9 atom stereocenters. The van der Waals surface area contributed by atoms with E-state index < -0.39 is 55.6 Å². The smallest absolute Gasteiger partial charge is 0.209 e. The highest BCUT2D eigenvalue weighted by atomic mass is 16.8. The lowest BCUT2D eigenvalue weighted by atomic mass is 9.88. The molecule has 0 amide bonds. The van der Waals surface area contributed by atoms with Gasteiger partial charge >= 0.3 is 0 Å². The van der Waals surface area contributed by atoms with Gasteiger partial charge in [-0.25, -0.2) is 0 Å². The molecule has 0 bridgehead atoms. The summed E-state index contributed by atoms with van der Waals surface area (Å²) < 4.78 is 16.3. The van der Waals surface area contributed by atoms with Gasteiger partial charge in [0.05, 0.1) is 31.5 Å². The third-order valence-corrected chi connectivity index (χ3v) is 4.73. The zero-order chi connectivity index (χ0) is 17.4. The Bertz CT molecular complexity index is 505. The van der Waals surface area contributed by atoms with E-state index in [9.17, 15) is 30.6 Å². The Morgan fingerprint density at radius 2 is 1.75 bits per heavy atom. The molecule has 2 heterocycles. The van der Waals surface area contributed by atoms with Crippen molar-refractivity contribution in [3.8, 4) is 0 Å². The van der Waals surface area contributed by atoms with E-state index in [0.717, 1.165) is 0 Å². The standard InChI is InChI=1S/C15H22O9/c16-4-6-3-8(18)7-1-2-22-14(10(6)7)24-15-13(21)12(20)11(19)9(5-17)23-15/h1-3,7-21H,4-5H2/t7-,8+,9-,10+,11-,12+,13-,14-,15+/m1/s1. The number of aliphatic hydroxyl groups is 6. The molecule has 0 aromatic carbocycles. The van der Waals surface area contributed by atoms with Crippen molar-refractivity contribution in [3.05, 3.63) is 24.0 Å². The van der Waals surface area contributed by atoms with Crippen LogP contribution < -0.4 is 0 Å². The molecule has 0 unspecified atom stereocenters. The molecule has 3 rings (SSSR count). The lowest BCUT2D eigenvalue weighted by Crippen LogP contribution is -2.60. The van der Waals surface area contributed by atoms with Gasteiger partial charge in [-0.3, -0.25) is 0 Å². The quantitative estimate of drug-likeness (QED) is 0.297. The van der Waals surface area contributed by atoms with Crippen molar-refractivity contribution in [2.24, 2.45) is 11.8 Å². The first-order valence-electron chi connectivity index (χ1n) is 7.75. The van der Waals surface area contributed by atoms with Crippen LogP contribution in [0.25, 0.3) is 0 Å². The monoisotopic (exact) mass is 346 g/mol. The van der Waals surface area contributed by atoms with E-state index >= 15 is 0 Å². The molecule has 9 heteroatoms. The Labute approximate surface area is 138 Å². The normalized spacial score (nSPS) is 47.9. The first-order chi connectivity index (χ1) is 11.5. The molecule has 9 nitrogen and oxygen atoms in total. The summed E-state index contributed by atoms with van der Waals surface area (Å²) in [6.45, 7) is -0.854. The highest BCUT2D eigenvalue weighted by Crippen LogP contribution is 2.40. The van der Waals surface area contributed by atoms with Gasteiger partial charge in [0.25, 0.3) is 0 Å². The highest BCUT2D eigenvalue weighted by molar-refractivity contribution is 5.25. The van der Waals surface area contributed by atoms with Crippen LogP contribution in [0.1, 0.15) is 0 Å². The second-order valence-corrected chi connectivity index (χ2v) is 6.16.